The molecule has 3 heteroatoms. The molecule has 1 fully saturated rings. The van der Waals surface area contributed by atoms with Gasteiger partial charge >= 0.3 is 0 Å². The van der Waals surface area contributed by atoms with Crippen LogP contribution in [0.3, 0.4) is 0 Å². The molecule has 1 aliphatic rings. The molecule has 0 aromatic heterocycles. The average Bonchev–Trinajstić information content (AvgIpc) is 2.29. The number of rotatable bonds is 7. The van der Waals surface area contributed by atoms with Crippen molar-refractivity contribution in [2.75, 3.05) is 26.7 Å². The summed E-state index contributed by atoms with van der Waals surface area (Å²) in [5.41, 5.74) is 0. The Bertz CT molecular complexity index is 175. The maximum Gasteiger partial charge on any atom is 0.0431 e. The zero-order valence-corrected chi connectivity index (χ0v) is 10.9. The minimum absolute atomic E-state index is 0.317. The molecule has 0 aromatic carbocycles. The van der Waals surface area contributed by atoms with E-state index in [1.807, 2.05) is 0 Å². The molecule has 1 saturated heterocycles. The summed E-state index contributed by atoms with van der Waals surface area (Å²) in [6.45, 7) is 4.91. The highest BCUT2D eigenvalue weighted by molar-refractivity contribution is 4.75. The van der Waals surface area contributed by atoms with Crippen LogP contribution in [0.5, 0.6) is 0 Å². The van der Waals surface area contributed by atoms with Crippen LogP contribution in [-0.2, 0) is 0 Å². The predicted octanol–water partition coefficient (Wildman–Crippen LogP) is 1.61. The molecule has 2 unspecified atom stereocenters. The lowest BCUT2D eigenvalue weighted by Gasteiger charge is -2.32. The van der Waals surface area contributed by atoms with Crippen LogP contribution in [0.25, 0.3) is 0 Å². The van der Waals surface area contributed by atoms with Crippen LogP contribution in [0.1, 0.15) is 45.4 Å². The van der Waals surface area contributed by atoms with Gasteiger partial charge < -0.3 is 15.3 Å². The molecule has 0 amide bonds. The van der Waals surface area contributed by atoms with E-state index in [1.54, 1.807) is 0 Å². The van der Waals surface area contributed by atoms with Crippen molar-refractivity contribution < 1.29 is 5.11 Å². The monoisotopic (exact) mass is 228 g/mol. The zero-order chi connectivity index (χ0) is 11.8. The summed E-state index contributed by atoms with van der Waals surface area (Å²) in [6.07, 6.45) is 7.39. The van der Waals surface area contributed by atoms with Gasteiger partial charge in [-0.15, -0.1) is 0 Å². The van der Waals surface area contributed by atoms with E-state index in [1.165, 1.54) is 32.2 Å². The highest BCUT2D eigenvalue weighted by Gasteiger charge is 2.18. The van der Waals surface area contributed by atoms with E-state index < -0.39 is 0 Å². The van der Waals surface area contributed by atoms with Crippen molar-refractivity contribution in [3.8, 4) is 0 Å². The second-order valence-electron chi connectivity index (χ2n) is 5.14. The predicted molar refractivity (Wildman–Crippen MR) is 68.7 cm³/mol. The number of hydrogen-bond acceptors (Lipinski definition) is 3. The van der Waals surface area contributed by atoms with Crippen LogP contribution < -0.4 is 5.32 Å². The molecule has 1 aliphatic heterocycles. The van der Waals surface area contributed by atoms with Crippen LogP contribution in [0.15, 0.2) is 0 Å². The van der Waals surface area contributed by atoms with Gasteiger partial charge in [0.1, 0.15) is 0 Å². The molecular weight excluding hydrogens is 200 g/mol. The van der Waals surface area contributed by atoms with Crippen molar-refractivity contribution in [3.63, 3.8) is 0 Å². The van der Waals surface area contributed by atoms with Crippen LogP contribution in [0, 0.1) is 0 Å². The molecule has 16 heavy (non-hydrogen) atoms. The number of piperidine rings is 1. The maximum absolute atomic E-state index is 8.74. The molecule has 0 saturated carbocycles. The summed E-state index contributed by atoms with van der Waals surface area (Å²) in [5, 5.41) is 12.3. The Morgan fingerprint density at radius 1 is 1.44 bits per heavy atom. The Morgan fingerprint density at radius 2 is 2.25 bits per heavy atom. The van der Waals surface area contributed by atoms with Gasteiger partial charge in [0.15, 0.2) is 0 Å². The third-order valence-corrected chi connectivity index (χ3v) is 3.69. The lowest BCUT2D eigenvalue weighted by atomic mass is 10.00. The van der Waals surface area contributed by atoms with Crippen molar-refractivity contribution in [1.29, 1.82) is 0 Å². The van der Waals surface area contributed by atoms with Gasteiger partial charge in [0.05, 0.1) is 0 Å². The van der Waals surface area contributed by atoms with Gasteiger partial charge in [0.25, 0.3) is 0 Å². The summed E-state index contributed by atoms with van der Waals surface area (Å²) < 4.78 is 0. The molecule has 96 valence electrons. The van der Waals surface area contributed by atoms with Gasteiger partial charge in [-0.05, 0) is 59.2 Å². The summed E-state index contributed by atoms with van der Waals surface area (Å²) in [4.78, 5) is 2.50. The SMILES string of the molecule is CC(CCCO)NCCC1CCCCN1C. The Kier molecular flexibility index (Phi) is 7.01. The van der Waals surface area contributed by atoms with E-state index in [0.29, 0.717) is 12.6 Å². The Morgan fingerprint density at radius 3 is 2.94 bits per heavy atom. The van der Waals surface area contributed by atoms with Crippen molar-refractivity contribution in [2.45, 2.75) is 57.5 Å². The van der Waals surface area contributed by atoms with Gasteiger partial charge in [0, 0.05) is 18.7 Å². The van der Waals surface area contributed by atoms with Crippen LogP contribution >= 0.6 is 0 Å². The van der Waals surface area contributed by atoms with E-state index in [2.05, 4.69) is 24.2 Å². The van der Waals surface area contributed by atoms with E-state index >= 15 is 0 Å². The van der Waals surface area contributed by atoms with E-state index in [9.17, 15) is 0 Å². The topological polar surface area (TPSA) is 35.5 Å². The highest BCUT2D eigenvalue weighted by Crippen LogP contribution is 2.17. The van der Waals surface area contributed by atoms with E-state index in [-0.39, 0.29) is 0 Å². The first-order valence-electron chi connectivity index (χ1n) is 6.78. The molecule has 0 spiro atoms. The maximum atomic E-state index is 8.74. The minimum atomic E-state index is 0.317. The summed E-state index contributed by atoms with van der Waals surface area (Å²) in [5.74, 6) is 0. The fraction of sp³-hybridized carbons (Fsp3) is 1.00. The second-order valence-corrected chi connectivity index (χ2v) is 5.14. The van der Waals surface area contributed by atoms with Crippen molar-refractivity contribution in [2.24, 2.45) is 0 Å². The molecule has 0 aromatic rings. The van der Waals surface area contributed by atoms with Crippen LogP contribution in [0.4, 0.5) is 0 Å². The van der Waals surface area contributed by atoms with Gasteiger partial charge in [-0.3, -0.25) is 0 Å². The standard InChI is InChI=1S/C13H28N2O/c1-12(6-5-11-16)14-9-8-13-7-3-4-10-15(13)2/h12-14,16H,3-11H2,1-2H3. The molecule has 0 aliphatic carbocycles. The molecule has 3 nitrogen and oxygen atoms in total. The Balaban J connectivity index is 2.05. The van der Waals surface area contributed by atoms with Gasteiger partial charge in [0.2, 0.25) is 0 Å². The third-order valence-electron chi connectivity index (χ3n) is 3.69. The van der Waals surface area contributed by atoms with Gasteiger partial charge in [-0.1, -0.05) is 6.42 Å². The summed E-state index contributed by atoms with van der Waals surface area (Å²) >= 11 is 0. The molecule has 2 atom stereocenters. The van der Waals surface area contributed by atoms with Crippen molar-refractivity contribution >= 4 is 0 Å². The number of aliphatic hydroxyl groups excluding tert-OH is 1. The number of hydrogen-bond donors (Lipinski definition) is 2. The molecular formula is C13H28N2O. The normalized spacial score (nSPS) is 24.6. The second kappa shape index (κ2) is 8.04. The number of nitrogens with zero attached hydrogens (tertiary/aromatic N) is 1. The summed E-state index contributed by atoms with van der Waals surface area (Å²) in [6, 6.07) is 1.33. The fourth-order valence-electron chi connectivity index (χ4n) is 2.50. The van der Waals surface area contributed by atoms with Gasteiger partial charge in [-0.2, -0.15) is 0 Å². The molecule has 1 rings (SSSR count). The van der Waals surface area contributed by atoms with Gasteiger partial charge in [-0.25, -0.2) is 0 Å². The molecule has 0 radical (unpaired) electrons. The molecule has 2 N–H and O–H groups in total. The average molecular weight is 228 g/mol. The largest absolute Gasteiger partial charge is 0.396 e. The van der Waals surface area contributed by atoms with E-state index in [0.717, 1.165) is 25.4 Å². The smallest absolute Gasteiger partial charge is 0.0431 e. The lowest BCUT2D eigenvalue weighted by Crippen LogP contribution is -2.39. The zero-order valence-electron chi connectivity index (χ0n) is 10.9. The van der Waals surface area contributed by atoms with Crippen molar-refractivity contribution in [1.82, 2.24) is 10.2 Å². The highest BCUT2D eigenvalue weighted by atomic mass is 16.2. The minimum Gasteiger partial charge on any atom is -0.396 e. The Hall–Kier alpha value is -0.120. The quantitative estimate of drug-likeness (QED) is 0.695. The number of aliphatic hydroxyl groups is 1. The molecule has 1 heterocycles. The number of nitrogens with one attached hydrogen (secondary N) is 1. The fourth-order valence-corrected chi connectivity index (χ4v) is 2.50. The van der Waals surface area contributed by atoms with Crippen molar-refractivity contribution in [3.05, 3.63) is 0 Å². The first kappa shape index (κ1) is 13.9. The molecule has 0 bridgehead atoms. The lowest BCUT2D eigenvalue weighted by molar-refractivity contribution is 0.174. The number of likely N-dealkylation sites (tertiary alicyclic amines) is 1. The first-order valence-corrected chi connectivity index (χ1v) is 6.78. The Labute approximate surface area is 100 Å². The third kappa shape index (κ3) is 5.28. The first-order chi connectivity index (χ1) is 7.74. The summed E-state index contributed by atoms with van der Waals surface area (Å²) in [7, 11) is 2.25. The van der Waals surface area contributed by atoms with Crippen LogP contribution in [0.2, 0.25) is 0 Å². The van der Waals surface area contributed by atoms with E-state index in [4.69, 9.17) is 5.11 Å². The van der Waals surface area contributed by atoms with Crippen LogP contribution in [-0.4, -0.2) is 48.8 Å².